The van der Waals surface area contributed by atoms with Gasteiger partial charge < -0.3 is 0 Å². The van der Waals surface area contributed by atoms with Crippen LogP contribution >= 0.6 is 11.8 Å². The zero-order chi connectivity index (χ0) is 23.9. The molecule has 1 aromatic heterocycles. The summed E-state index contributed by atoms with van der Waals surface area (Å²) in [5.74, 6) is 0.937. The van der Waals surface area contributed by atoms with E-state index in [0.717, 1.165) is 5.56 Å². The standard InChI is InChI=1S/C24H16N6O4S/c31-23-17-11-4-5-12-18(17)25-22(14-7-2-1-3-8-14)29(23)27-24-26-21-20(35-24)19(34-28-21)15-9-6-10-16(13-15)30(32)33/h1-13,19-20H,(H,26,27,28). The smallest absolute Gasteiger partial charge is 0.267 e. The Morgan fingerprint density at radius 1 is 1.06 bits per heavy atom. The van der Waals surface area contributed by atoms with Crippen LogP contribution in [0.2, 0.25) is 0 Å². The average Bonchev–Trinajstić information content (AvgIpc) is 3.46. The van der Waals surface area contributed by atoms with E-state index in [4.69, 9.17) is 9.82 Å². The number of rotatable bonds is 4. The van der Waals surface area contributed by atoms with Crippen molar-refractivity contribution in [3.63, 3.8) is 0 Å². The second kappa shape index (κ2) is 8.46. The highest BCUT2D eigenvalue weighted by molar-refractivity contribution is 8.15. The fourth-order valence-corrected chi connectivity index (χ4v) is 5.07. The maximum absolute atomic E-state index is 13.4. The molecule has 172 valence electrons. The largest absolute Gasteiger partial charge is 0.282 e. The molecular formula is C24H16N6O4S. The van der Waals surface area contributed by atoms with Crippen LogP contribution in [0.4, 0.5) is 5.69 Å². The van der Waals surface area contributed by atoms with E-state index in [1.54, 1.807) is 30.3 Å². The minimum atomic E-state index is -0.508. The molecule has 0 aliphatic carbocycles. The highest BCUT2D eigenvalue weighted by atomic mass is 32.2. The van der Waals surface area contributed by atoms with Crippen molar-refractivity contribution < 1.29 is 9.76 Å². The van der Waals surface area contributed by atoms with Crippen molar-refractivity contribution >= 4 is 39.4 Å². The van der Waals surface area contributed by atoms with E-state index in [0.29, 0.717) is 33.3 Å². The van der Waals surface area contributed by atoms with Gasteiger partial charge in [0.2, 0.25) is 5.17 Å². The Morgan fingerprint density at radius 2 is 1.86 bits per heavy atom. The Bertz CT molecular complexity index is 1600. The second-order valence-electron chi connectivity index (χ2n) is 7.85. The quantitative estimate of drug-likeness (QED) is 0.344. The lowest BCUT2D eigenvalue weighted by molar-refractivity contribution is -0.385. The number of para-hydroxylation sites is 1. The molecule has 2 aliphatic rings. The SMILES string of the molecule is O=c1c2ccccc2nc(-c2ccccc2)n1/N=C1/N=C2NOC(c3cccc([N+](=O)[O-])c3)C2S1. The summed E-state index contributed by atoms with van der Waals surface area (Å²) < 4.78 is 1.27. The van der Waals surface area contributed by atoms with Crippen molar-refractivity contribution in [2.75, 3.05) is 0 Å². The van der Waals surface area contributed by atoms with Crippen molar-refractivity contribution in [2.45, 2.75) is 11.4 Å². The van der Waals surface area contributed by atoms with Gasteiger partial charge in [0, 0.05) is 17.7 Å². The highest BCUT2D eigenvalue weighted by Gasteiger charge is 2.42. The van der Waals surface area contributed by atoms with Gasteiger partial charge in [-0.25, -0.2) is 9.98 Å². The molecule has 0 radical (unpaired) electrons. The third kappa shape index (κ3) is 3.76. The number of aromatic nitrogens is 2. The zero-order valence-electron chi connectivity index (χ0n) is 17.9. The lowest BCUT2D eigenvalue weighted by Gasteiger charge is -2.13. The van der Waals surface area contributed by atoms with Gasteiger partial charge in [0.25, 0.3) is 11.2 Å². The third-order valence-corrected chi connectivity index (χ3v) is 6.77. The summed E-state index contributed by atoms with van der Waals surface area (Å²) in [6, 6.07) is 22.8. The van der Waals surface area contributed by atoms with Crippen LogP contribution in [0.3, 0.4) is 0 Å². The number of amidine groups is 2. The molecule has 3 aromatic carbocycles. The molecule has 3 heterocycles. The molecule has 1 saturated heterocycles. The number of hydrogen-bond acceptors (Lipinski definition) is 8. The first kappa shape index (κ1) is 21.2. The average molecular weight is 484 g/mol. The van der Waals surface area contributed by atoms with Crippen LogP contribution in [0.15, 0.2) is 93.8 Å². The van der Waals surface area contributed by atoms with Crippen molar-refractivity contribution in [3.8, 4) is 11.4 Å². The monoisotopic (exact) mass is 484 g/mol. The maximum atomic E-state index is 13.4. The molecule has 2 unspecified atom stereocenters. The minimum absolute atomic E-state index is 0.0188. The van der Waals surface area contributed by atoms with E-state index in [1.165, 1.54) is 28.6 Å². The van der Waals surface area contributed by atoms with Crippen LogP contribution in [0.1, 0.15) is 11.7 Å². The van der Waals surface area contributed by atoms with Gasteiger partial charge in [0.1, 0.15) is 17.2 Å². The van der Waals surface area contributed by atoms with Crippen molar-refractivity contribution in [1.29, 1.82) is 0 Å². The van der Waals surface area contributed by atoms with Gasteiger partial charge in [0.15, 0.2) is 5.82 Å². The molecular weight excluding hydrogens is 468 g/mol. The summed E-state index contributed by atoms with van der Waals surface area (Å²) in [5.41, 5.74) is 4.44. The zero-order valence-corrected chi connectivity index (χ0v) is 18.8. The van der Waals surface area contributed by atoms with Gasteiger partial charge >= 0.3 is 0 Å². The molecule has 10 nitrogen and oxygen atoms in total. The van der Waals surface area contributed by atoms with Crippen LogP contribution in [0, 0.1) is 10.1 Å². The fourth-order valence-electron chi connectivity index (χ4n) is 4.01. The van der Waals surface area contributed by atoms with Crippen LogP contribution in [-0.2, 0) is 4.84 Å². The van der Waals surface area contributed by atoms with Crippen molar-refractivity contribution in [2.24, 2.45) is 10.1 Å². The highest BCUT2D eigenvalue weighted by Crippen LogP contribution is 2.39. The lowest BCUT2D eigenvalue weighted by Crippen LogP contribution is -2.21. The number of thioether (sulfide) groups is 1. The first-order valence-corrected chi connectivity index (χ1v) is 11.5. The minimum Gasteiger partial charge on any atom is -0.267 e. The first-order chi connectivity index (χ1) is 17.1. The molecule has 0 spiro atoms. The second-order valence-corrected chi connectivity index (χ2v) is 8.95. The molecule has 6 rings (SSSR count). The van der Waals surface area contributed by atoms with E-state index in [2.05, 4.69) is 15.6 Å². The Hall–Kier alpha value is -4.35. The molecule has 11 heteroatoms. The number of hydroxylamine groups is 1. The number of hydrogen-bond donors (Lipinski definition) is 1. The Kier molecular flexibility index (Phi) is 5.12. The van der Waals surface area contributed by atoms with E-state index in [1.807, 2.05) is 36.4 Å². The van der Waals surface area contributed by atoms with E-state index >= 15 is 0 Å². The molecule has 1 N–H and O–H groups in total. The number of nitro benzene ring substituents is 1. The van der Waals surface area contributed by atoms with E-state index < -0.39 is 11.0 Å². The summed E-state index contributed by atoms with van der Waals surface area (Å²) >= 11 is 1.31. The summed E-state index contributed by atoms with van der Waals surface area (Å²) in [7, 11) is 0. The van der Waals surface area contributed by atoms with Crippen molar-refractivity contribution in [1.82, 2.24) is 15.1 Å². The number of nitro groups is 1. The number of nitrogens with zero attached hydrogens (tertiary/aromatic N) is 5. The molecule has 0 amide bonds. The molecule has 35 heavy (non-hydrogen) atoms. The van der Waals surface area contributed by atoms with Crippen LogP contribution in [-0.4, -0.2) is 30.8 Å². The topological polar surface area (TPSA) is 124 Å². The van der Waals surface area contributed by atoms with Gasteiger partial charge in [-0.2, -0.15) is 4.68 Å². The van der Waals surface area contributed by atoms with Crippen LogP contribution in [0.25, 0.3) is 22.3 Å². The predicted molar refractivity (Wildman–Crippen MR) is 133 cm³/mol. The molecule has 1 fully saturated rings. The summed E-state index contributed by atoms with van der Waals surface area (Å²) in [5, 5.41) is 16.3. The Labute approximate surface area is 202 Å². The maximum Gasteiger partial charge on any atom is 0.282 e. The summed E-state index contributed by atoms with van der Waals surface area (Å²) in [4.78, 5) is 39.0. The van der Waals surface area contributed by atoms with Crippen LogP contribution in [0.5, 0.6) is 0 Å². The number of aliphatic imine (C=N–C) groups is 1. The predicted octanol–water partition coefficient (Wildman–Crippen LogP) is 3.88. The molecule has 0 saturated carbocycles. The van der Waals surface area contributed by atoms with Gasteiger partial charge in [-0.15, -0.1) is 5.10 Å². The van der Waals surface area contributed by atoms with Crippen molar-refractivity contribution in [3.05, 3.63) is 105 Å². The number of nitrogens with one attached hydrogen (secondary N) is 1. The van der Waals surface area contributed by atoms with Gasteiger partial charge in [-0.3, -0.25) is 25.2 Å². The summed E-state index contributed by atoms with van der Waals surface area (Å²) in [6.45, 7) is 0. The normalized spacial score (nSPS) is 20.0. The third-order valence-electron chi connectivity index (χ3n) is 5.66. The first-order valence-electron chi connectivity index (χ1n) is 10.7. The van der Waals surface area contributed by atoms with E-state index in [9.17, 15) is 14.9 Å². The Balaban J connectivity index is 1.41. The van der Waals surface area contributed by atoms with Crippen LogP contribution < -0.4 is 11.0 Å². The summed E-state index contributed by atoms with van der Waals surface area (Å²) in [6.07, 6.45) is -0.508. The van der Waals surface area contributed by atoms with E-state index in [-0.39, 0.29) is 16.5 Å². The number of fused-ring (bicyclic) bond motifs is 2. The van der Waals surface area contributed by atoms with Gasteiger partial charge in [-0.1, -0.05) is 66.4 Å². The molecule has 2 atom stereocenters. The van der Waals surface area contributed by atoms with Gasteiger partial charge in [0.05, 0.1) is 15.8 Å². The van der Waals surface area contributed by atoms with Gasteiger partial charge in [-0.05, 0) is 17.7 Å². The fraction of sp³-hybridized carbons (Fsp3) is 0.0833. The number of benzene rings is 3. The lowest BCUT2D eigenvalue weighted by atomic mass is 10.1. The molecule has 2 aliphatic heterocycles. The molecule has 0 bridgehead atoms. The molecule has 4 aromatic rings. The number of non-ortho nitro benzene ring substituents is 1. The Morgan fingerprint density at radius 3 is 2.69 bits per heavy atom.